The molecule has 0 heterocycles. The van der Waals surface area contributed by atoms with E-state index in [9.17, 15) is 5.11 Å². The van der Waals surface area contributed by atoms with E-state index in [0.29, 0.717) is 10.7 Å². The van der Waals surface area contributed by atoms with Crippen molar-refractivity contribution in [2.75, 3.05) is 0 Å². The Balaban J connectivity index is 2.73. The lowest BCUT2D eigenvalue weighted by Crippen LogP contribution is -2.39. The average molecular weight is 301 g/mol. The molecule has 1 fully saturated rings. The van der Waals surface area contributed by atoms with Crippen LogP contribution in [0, 0.1) is 11.3 Å². The van der Waals surface area contributed by atoms with Crippen molar-refractivity contribution in [3.05, 3.63) is 24.8 Å². The van der Waals surface area contributed by atoms with Crippen molar-refractivity contribution in [1.82, 2.24) is 0 Å². The quantitative estimate of drug-likeness (QED) is 0.600. The lowest BCUT2D eigenvalue weighted by atomic mass is 9.64. The second-order valence-electron chi connectivity index (χ2n) is 6.14. The maximum absolute atomic E-state index is 10.0. The van der Waals surface area contributed by atoms with Gasteiger partial charge in [-0.3, -0.25) is 0 Å². The van der Waals surface area contributed by atoms with Crippen LogP contribution in [0.25, 0.3) is 0 Å². The molecule has 2 heteroatoms. The van der Waals surface area contributed by atoms with E-state index < -0.39 is 5.60 Å². The van der Waals surface area contributed by atoms with Crippen molar-refractivity contribution in [3.63, 3.8) is 0 Å². The first-order valence-electron chi connectivity index (χ1n) is 6.38. The molecule has 98 valence electrons. The molecule has 0 aromatic carbocycles. The zero-order chi connectivity index (χ0) is 13.3. The number of alkyl halides is 1. The van der Waals surface area contributed by atoms with Crippen molar-refractivity contribution >= 4 is 15.9 Å². The summed E-state index contributed by atoms with van der Waals surface area (Å²) in [5.41, 5.74) is 0.799. The largest absolute Gasteiger partial charge is 0.386 e. The fraction of sp³-hybridized carbons (Fsp3) is 0.733. The van der Waals surface area contributed by atoms with Gasteiger partial charge in [-0.2, -0.15) is 0 Å². The summed E-state index contributed by atoms with van der Waals surface area (Å²) in [5, 5.41) is 10.0. The minimum atomic E-state index is -0.754. The molecule has 3 atom stereocenters. The van der Waals surface area contributed by atoms with E-state index in [0.717, 1.165) is 19.3 Å². The molecule has 1 aliphatic carbocycles. The third-order valence-corrected chi connectivity index (χ3v) is 5.93. The van der Waals surface area contributed by atoms with Gasteiger partial charge in [0.05, 0.1) is 5.60 Å². The van der Waals surface area contributed by atoms with Gasteiger partial charge in [0.2, 0.25) is 0 Å². The van der Waals surface area contributed by atoms with Crippen molar-refractivity contribution in [3.8, 4) is 0 Å². The average Bonchev–Trinajstić information content (AvgIpc) is 2.23. The summed E-state index contributed by atoms with van der Waals surface area (Å²) < 4.78 is 0. The molecule has 0 aromatic rings. The standard InChI is InChI=1S/C15H25BrO/c1-6-15(5,17)10-9-12-11(2)7-8-13(16)14(12,3)4/h6,12-13,17H,1-2,7-10H2,3-5H3/t12-,13+,15?/m1/s1. The van der Waals surface area contributed by atoms with Crippen molar-refractivity contribution in [2.24, 2.45) is 11.3 Å². The smallest absolute Gasteiger partial charge is 0.0797 e. The van der Waals surface area contributed by atoms with Crippen LogP contribution < -0.4 is 0 Å². The molecule has 0 spiro atoms. The van der Waals surface area contributed by atoms with E-state index in [2.05, 4.69) is 42.9 Å². The fourth-order valence-corrected chi connectivity index (χ4v) is 3.27. The lowest BCUT2D eigenvalue weighted by Gasteiger charge is -2.45. The number of hydrogen-bond donors (Lipinski definition) is 1. The van der Waals surface area contributed by atoms with Gasteiger partial charge in [-0.1, -0.05) is 48.0 Å². The summed E-state index contributed by atoms with van der Waals surface area (Å²) in [7, 11) is 0. The summed E-state index contributed by atoms with van der Waals surface area (Å²) in [4.78, 5) is 0.541. The molecule has 1 unspecified atom stereocenters. The molecule has 0 aliphatic heterocycles. The summed E-state index contributed by atoms with van der Waals surface area (Å²) in [5.74, 6) is 0.479. The lowest BCUT2D eigenvalue weighted by molar-refractivity contribution is 0.0813. The molecule has 1 nitrogen and oxygen atoms in total. The van der Waals surface area contributed by atoms with Gasteiger partial charge in [0.25, 0.3) is 0 Å². The zero-order valence-corrected chi connectivity index (χ0v) is 12.9. The van der Waals surface area contributed by atoms with E-state index in [1.165, 1.54) is 12.0 Å². The summed E-state index contributed by atoms with van der Waals surface area (Å²) in [6.07, 6.45) is 5.63. The predicted octanol–water partition coefficient (Wildman–Crippen LogP) is 4.46. The highest BCUT2D eigenvalue weighted by atomic mass is 79.9. The molecule has 0 amide bonds. The molecule has 0 saturated heterocycles. The van der Waals surface area contributed by atoms with Gasteiger partial charge in [0.1, 0.15) is 0 Å². The van der Waals surface area contributed by atoms with Crippen LogP contribution in [0.5, 0.6) is 0 Å². The van der Waals surface area contributed by atoms with Gasteiger partial charge in [0, 0.05) is 4.83 Å². The normalized spacial score (nSPS) is 31.9. The minimum Gasteiger partial charge on any atom is -0.386 e. The van der Waals surface area contributed by atoms with Crippen LogP contribution in [0.15, 0.2) is 24.8 Å². The van der Waals surface area contributed by atoms with Crippen LogP contribution in [0.3, 0.4) is 0 Å². The van der Waals surface area contributed by atoms with Crippen molar-refractivity contribution in [2.45, 2.75) is 56.9 Å². The molecule has 17 heavy (non-hydrogen) atoms. The van der Waals surface area contributed by atoms with E-state index in [4.69, 9.17) is 0 Å². The van der Waals surface area contributed by atoms with E-state index in [1.54, 1.807) is 6.08 Å². The number of allylic oxidation sites excluding steroid dienone is 1. The monoisotopic (exact) mass is 300 g/mol. The van der Waals surface area contributed by atoms with E-state index >= 15 is 0 Å². The van der Waals surface area contributed by atoms with Gasteiger partial charge >= 0.3 is 0 Å². The number of rotatable bonds is 4. The Morgan fingerprint density at radius 3 is 2.71 bits per heavy atom. The van der Waals surface area contributed by atoms with Crippen LogP contribution in [0.4, 0.5) is 0 Å². The molecule has 0 bridgehead atoms. The topological polar surface area (TPSA) is 20.2 Å². The zero-order valence-electron chi connectivity index (χ0n) is 11.3. The maximum atomic E-state index is 10.0. The van der Waals surface area contributed by atoms with Crippen molar-refractivity contribution < 1.29 is 5.11 Å². The van der Waals surface area contributed by atoms with Crippen LogP contribution in [0.1, 0.15) is 46.5 Å². The van der Waals surface area contributed by atoms with Crippen LogP contribution in [-0.4, -0.2) is 15.5 Å². The molecule has 0 radical (unpaired) electrons. The third-order valence-electron chi connectivity index (χ3n) is 4.30. The Labute approximate surface area is 114 Å². The first-order chi connectivity index (χ1) is 7.70. The van der Waals surface area contributed by atoms with Gasteiger partial charge in [0.15, 0.2) is 0 Å². The van der Waals surface area contributed by atoms with Crippen LogP contribution in [-0.2, 0) is 0 Å². The SMILES string of the molecule is C=CC(C)(O)CC[C@@H]1C(=C)CC[C@H](Br)C1(C)C. The minimum absolute atomic E-state index is 0.215. The fourth-order valence-electron chi connectivity index (χ4n) is 2.72. The van der Waals surface area contributed by atoms with E-state index in [1.807, 2.05) is 6.92 Å². The number of halogens is 1. The first-order valence-corrected chi connectivity index (χ1v) is 7.30. The van der Waals surface area contributed by atoms with Gasteiger partial charge in [-0.05, 0) is 43.9 Å². The van der Waals surface area contributed by atoms with Crippen LogP contribution >= 0.6 is 15.9 Å². The Kier molecular flexibility index (Phi) is 4.65. The molecule has 1 saturated carbocycles. The Bertz CT molecular complexity index is 304. The maximum Gasteiger partial charge on any atom is 0.0797 e. The molecule has 0 aromatic heterocycles. The molecular weight excluding hydrogens is 276 g/mol. The Morgan fingerprint density at radius 2 is 2.18 bits per heavy atom. The Morgan fingerprint density at radius 1 is 1.59 bits per heavy atom. The van der Waals surface area contributed by atoms with Gasteiger partial charge in [-0.25, -0.2) is 0 Å². The van der Waals surface area contributed by atoms with Crippen molar-refractivity contribution in [1.29, 1.82) is 0 Å². The second-order valence-corrected chi connectivity index (χ2v) is 7.24. The van der Waals surface area contributed by atoms with Gasteiger partial charge < -0.3 is 5.11 Å². The summed E-state index contributed by atoms with van der Waals surface area (Å²) in [6.45, 7) is 14.3. The number of aliphatic hydroxyl groups is 1. The molecular formula is C15H25BrO. The number of hydrogen-bond acceptors (Lipinski definition) is 1. The second kappa shape index (κ2) is 5.27. The van der Waals surface area contributed by atoms with Crippen LogP contribution in [0.2, 0.25) is 0 Å². The predicted molar refractivity (Wildman–Crippen MR) is 78.4 cm³/mol. The van der Waals surface area contributed by atoms with Gasteiger partial charge in [-0.15, -0.1) is 6.58 Å². The molecule has 1 N–H and O–H groups in total. The third kappa shape index (κ3) is 3.45. The Hall–Kier alpha value is -0.0800. The summed E-state index contributed by atoms with van der Waals surface area (Å²) in [6, 6.07) is 0. The molecule has 1 aliphatic rings. The first kappa shape index (κ1) is 15.0. The molecule has 1 rings (SSSR count). The highest BCUT2D eigenvalue weighted by Gasteiger charge is 2.41. The van der Waals surface area contributed by atoms with E-state index in [-0.39, 0.29) is 5.41 Å². The summed E-state index contributed by atoms with van der Waals surface area (Å²) >= 11 is 3.79. The highest BCUT2D eigenvalue weighted by molar-refractivity contribution is 9.09. The highest BCUT2D eigenvalue weighted by Crippen LogP contribution is 2.49.